The summed E-state index contributed by atoms with van der Waals surface area (Å²) in [5.74, 6) is 0. The molecule has 2 N–H and O–H groups in total. The van der Waals surface area contributed by atoms with Gasteiger partial charge >= 0.3 is 0 Å². The summed E-state index contributed by atoms with van der Waals surface area (Å²) >= 11 is 0. The summed E-state index contributed by atoms with van der Waals surface area (Å²) in [6.45, 7) is 8.02. The van der Waals surface area contributed by atoms with Gasteiger partial charge in [0, 0.05) is 25.7 Å². The predicted molar refractivity (Wildman–Crippen MR) is 60.0 cm³/mol. The number of nitrogens with zero attached hydrogens (tertiary/aromatic N) is 1. The first-order valence-corrected chi connectivity index (χ1v) is 4.37. The molecule has 3 nitrogen and oxygen atoms in total. The van der Waals surface area contributed by atoms with Crippen LogP contribution in [0.5, 0.6) is 0 Å². The fourth-order valence-corrected chi connectivity index (χ4v) is 1.53. The second-order valence-electron chi connectivity index (χ2n) is 3.01. The van der Waals surface area contributed by atoms with E-state index in [9.17, 15) is 0 Å². The largest absolute Gasteiger partial charge is 0.376 e. The first-order chi connectivity index (χ1) is 5.27. The van der Waals surface area contributed by atoms with Crippen LogP contribution in [0.25, 0.3) is 0 Å². The summed E-state index contributed by atoms with van der Waals surface area (Å²) in [5, 5.41) is 0. The van der Waals surface area contributed by atoms with Crippen molar-refractivity contribution in [1.82, 2.24) is 4.90 Å². The van der Waals surface area contributed by atoms with E-state index in [1.165, 1.54) is 0 Å². The standard InChI is InChI=1S/C8H18N2O.2ClH/c1-3-10-5-7(9)8(6-10)11-4-2;;/h7-8H,3-6,9H2,1-2H3;2*1H. The Morgan fingerprint density at radius 2 is 1.92 bits per heavy atom. The molecule has 0 saturated carbocycles. The number of nitrogens with two attached hydrogens (primary N) is 1. The molecular weight excluding hydrogens is 211 g/mol. The van der Waals surface area contributed by atoms with Crippen molar-refractivity contribution in [3.63, 3.8) is 0 Å². The van der Waals surface area contributed by atoms with Crippen molar-refractivity contribution in [2.75, 3.05) is 26.2 Å². The van der Waals surface area contributed by atoms with Gasteiger partial charge in [0.15, 0.2) is 0 Å². The molecule has 0 radical (unpaired) electrons. The van der Waals surface area contributed by atoms with Crippen LogP contribution in [-0.2, 0) is 4.74 Å². The fraction of sp³-hybridized carbons (Fsp3) is 1.00. The van der Waals surface area contributed by atoms with Crippen molar-refractivity contribution in [2.45, 2.75) is 26.0 Å². The van der Waals surface area contributed by atoms with Crippen LogP contribution >= 0.6 is 24.8 Å². The highest BCUT2D eigenvalue weighted by Gasteiger charge is 2.29. The van der Waals surface area contributed by atoms with Gasteiger partial charge in [-0.05, 0) is 13.5 Å². The molecular formula is C8H20Cl2N2O. The SMILES string of the molecule is CCOC1CN(CC)CC1N.Cl.Cl. The van der Waals surface area contributed by atoms with E-state index in [0.29, 0.717) is 0 Å². The zero-order valence-corrected chi connectivity index (χ0v) is 9.87. The first kappa shape index (κ1) is 15.9. The Kier molecular flexibility index (Phi) is 9.58. The molecule has 2 atom stereocenters. The van der Waals surface area contributed by atoms with Crippen molar-refractivity contribution in [2.24, 2.45) is 5.73 Å². The number of likely N-dealkylation sites (tertiary alicyclic amines) is 1. The number of halogens is 2. The highest BCUT2D eigenvalue weighted by atomic mass is 35.5. The van der Waals surface area contributed by atoms with Crippen LogP contribution in [0.1, 0.15) is 13.8 Å². The zero-order chi connectivity index (χ0) is 8.27. The Morgan fingerprint density at radius 1 is 1.31 bits per heavy atom. The zero-order valence-electron chi connectivity index (χ0n) is 8.23. The van der Waals surface area contributed by atoms with E-state index in [1.54, 1.807) is 0 Å². The lowest BCUT2D eigenvalue weighted by Gasteiger charge is -2.13. The minimum absolute atomic E-state index is 0. The van der Waals surface area contributed by atoms with E-state index in [4.69, 9.17) is 10.5 Å². The monoisotopic (exact) mass is 230 g/mol. The molecule has 0 bridgehead atoms. The number of hydrogen-bond acceptors (Lipinski definition) is 3. The molecule has 82 valence electrons. The molecule has 1 aliphatic rings. The topological polar surface area (TPSA) is 38.5 Å². The quantitative estimate of drug-likeness (QED) is 0.784. The van der Waals surface area contributed by atoms with Crippen LogP contribution in [0.15, 0.2) is 0 Å². The molecule has 0 aromatic carbocycles. The molecule has 13 heavy (non-hydrogen) atoms. The highest BCUT2D eigenvalue weighted by Crippen LogP contribution is 2.10. The normalized spacial score (nSPS) is 27.9. The Morgan fingerprint density at radius 3 is 2.31 bits per heavy atom. The molecule has 0 aromatic rings. The van der Waals surface area contributed by atoms with Crippen LogP contribution in [0.3, 0.4) is 0 Å². The molecule has 1 aliphatic heterocycles. The third kappa shape index (κ3) is 4.47. The van der Waals surface area contributed by atoms with Gasteiger partial charge in [0.05, 0.1) is 6.10 Å². The maximum absolute atomic E-state index is 5.86. The Hall–Kier alpha value is 0.460. The van der Waals surface area contributed by atoms with E-state index in [-0.39, 0.29) is 37.0 Å². The second-order valence-corrected chi connectivity index (χ2v) is 3.01. The maximum Gasteiger partial charge on any atom is 0.0864 e. The third-order valence-corrected chi connectivity index (χ3v) is 2.21. The van der Waals surface area contributed by atoms with Gasteiger partial charge < -0.3 is 10.5 Å². The molecule has 1 heterocycles. The smallest absolute Gasteiger partial charge is 0.0864 e. The number of likely N-dealkylation sites (N-methyl/N-ethyl adjacent to an activating group) is 1. The van der Waals surface area contributed by atoms with E-state index in [1.807, 2.05) is 6.92 Å². The van der Waals surface area contributed by atoms with Crippen LogP contribution in [0.2, 0.25) is 0 Å². The number of rotatable bonds is 3. The lowest BCUT2D eigenvalue weighted by Crippen LogP contribution is -2.35. The second kappa shape index (κ2) is 7.83. The van der Waals surface area contributed by atoms with Crippen molar-refractivity contribution >= 4 is 24.8 Å². The van der Waals surface area contributed by atoms with Crippen LogP contribution in [0.4, 0.5) is 0 Å². The average molecular weight is 231 g/mol. The average Bonchev–Trinajstić information content (AvgIpc) is 2.33. The van der Waals surface area contributed by atoms with Crippen molar-refractivity contribution in [1.29, 1.82) is 0 Å². The minimum atomic E-state index is 0. The van der Waals surface area contributed by atoms with Gasteiger partial charge in [0.2, 0.25) is 0 Å². The van der Waals surface area contributed by atoms with Crippen molar-refractivity contribution in [3.05, 3.63) is 0 Å². The molecule has 2 unspecified atom stereocenters. The van der Waals surface area contributed by atoms with Gasteiger partial charge in [0.25, 0.3) is 0 Å². The minimum Gasteiger partial charge on any atom is -0.376 e. The summed E-state index contributed by atoms with van der Waals surface area (Å²) in [5.41, 5.74) is 5.86. The number of hydrogen-bond donors (Lipinski definition) is 1. The lowest BCUT2D eigenvalue weighted by molar-refractivity contribution is 0.0607. The molecule has 1 saturated heterocycles. The summed E-state index contributed by atoms with van der Waals surface area (Å²) in [4.78, 5) is 2.32. The van der Waals surface area contributed by atoms with Gasteiger partial charge in [0.1, 0.15) is 0 Å². The van der Waals surface area contributed by atoms with Crippen LogP contribution in [-0.4, -0.2) is 43.3 Å². The number of ether oxygens (including phenoxy) is 1. The van der Waals surface area contributed by atoms with Gasteiger partial charge in [-0.25, -0.2) is 0 Å². The Balaban J connectivity index is 0. The van der Waals surface area contributed by atoms with Gasteiger partial charge in [-0.1, -0.05) is 6.92 Å². The summed E-state index contributed by atoms with van der Waals surface area (Å²) in [6, 6.07) is 0.217. The molecule has 1 rings (SSSR count). The highest BCUT2D eigenvalue weighted by molar-refractivity contribution is 5.85. The van der Waals surface area contributed by atoms with E-state index >= 15 is 0 Å². The van der Waals surface area contributed by atoms with Gasteiger partial charge in [-0.3, -0.25) is 4.90 Å². The Bertz CT molecular complexity index is 127. The summed E-state index contributed by atoms with van der Waals surface area (Å²) in [7, 11) is 0. The van der Waals surface area contributed by atoms with Gasteiger partial charge in [-0.2, -0.15) is 0 Å². The van der Waals surface area contributed by atoms with Crippen LogP contribution < -0.4 is 5.73 Å². The maximum atomic E-state index is 5.86. The Labute approximate surface area is 92.8 Å². The molecule has 0 aromatic heterocycles. The van der Waals surface area contributed by atoms with Crippen molar-refractivity contribution < 1.29 is 4.74 Å². The molecule has 0 aliphatic carbocycles. The lowest BCUT2D eigenvalue weighted by atomic mass is 10.2. The predicted octanol–water partition coefficient (Wildman–Crippen LogP) is 0.898. The molecule has 0 spiro atoms. The van der Waals surface area contributed by atoms with Gasteiger partial charge in [-0.15, -0.1) is 24.8 Å². The van der Waals surface area contributed by atoms with E-state index in [2.05, 4.69) is 11.8 Å². The molecule has 1 fully saturated rings. The summed E-state index contributed by atoms with van der Waals surface area (Å²) in [6.07, 6.45) is 0.264. The van der Waals surface area contributed by atoms with E-state index < -0.39 is 0 Å². The van der Waals surface area contributed by atoms with Crippen LogP contribution in [0, 0.1) is 0 Å². The fourth-order valence-electron chi connectivity index (χ4n) is 1.53. The summed E-state index contributed by atoms with van der Waals surface area (Å²) < 4.78 is 5.48. The van der Waals surface area contributed by atoms with E-state index in [0.717, 1.165) is 26.2 Å². The third-order valence-electron chi connectivity index (χ3n) is 2.21. The van der Waals surface area contributed by atoms with Crippen molar-refractivity contribution in [3.8, 4) is 0 Å². The first-order valence-electron chi connectivity index (χ1n) is 4.37. The molecule has 5 heteroatoms. The molecule has 0 amide bonds.